The van der Waals surface area contributed by atoms with E-state index in [9.17, 15) is 13.2 Å². The van der Waals surface area contributed by atoms with Crippen molar-refractivity contribution in [1.82, 2.24) is 4.90 Å². The van der Waals surface area contributed by atoms with Crippen LogP contribution in [0.25, 0.3) is 0 Å². The number of hydrogen-bond acceptors (Lipinski definition) is 4. The minimum atomic E-state index is -3.53. The molecule has 1 aromatic rings. The highest BCUT2D eigenvalue weighted by atomic mass is 79.9. The Morgan fingerprint density at radius 1 is 1.32 bits per heavy atom. The second-order valence-electron chi connectivity index (χ2n) is 6.01. The van der Waals surface area contributed by atoms with Crippen LogP contribution in [-0.4, -0.2) is 56.0 Å². The van der Waals surface area contributed by atoms with E-state index in [0.29, 0.717) is 6.54 Å². The first kappa shape index (κ1) is 17.4. The van der Waals surface area contributed by atoms with E-state index in [-0.39, 0.29) is 11.2 Å². The number of aliphatic carboxylic acids is 1. The van der Waals surface area contributed by atoms with Gasteiger partial charge in [0.05, 0.1) is 5.75 Å². The SMILES string of the molecule is CN(CCS(=O)(=O)CC(=O)O)CC1(c2ccc(Br)cc2)CC1. The highest BCUT2D eigenvalue weighted by molar-refractivity contribution is 9.10. The molecule has 1 aliphatic rings. The molecular weight excluding hydrogens is 370 g/mol. The predicted octanol–water partition coefficient (Wildman–Crippen LogP) is 1.91. The normalized spacial score (nSPS) is 16.7. The lowest BCUT2D eigenvalue weighted by Crippen LogP contribution is -2.34. The summed E-state index contributed by atoms with van der Waals surface area (Å²) in [6.07, 6.45) is 2.20. The third-order valence-electron chi connectivity index (χ3n) is 4.01. The molecule has 0 amide bonds. The van der Waals surface area contributed by atoms with Crippen molar-refractivity contribution in [3.05, 3.63) is 34.3 Å². The molecule has 1 N–H and O–H groups in total. The van der Waals surface area contributed by atoms with Gasteiger partial charge < -0.3 is 10.0 Å². The molecule has 7 heteroatoms. The molecular formula is C15H20BrNO4S. The van der Waals surface area contributed by atoms with Gasteiger partial charge in [-0.15, -0.1) is 0 Å². The molecule has 0 bridgehead atoms. The molecule has 0 saturated heterocycles. The highest BCUT2D eigenvalue weighted by Crippen LogP contribution is 2.48. The van der Waals surface area contributed by atoms with E-state index in [1.54, 1.807) is 0 Å². The topological polar surface area (TPSA) is 74.7 Å². The smallest absolute Gasteiger partial charge is 0.318 e. The molecule has 0 radical (unpaired) electrons. The van der Waals surface area contributed by atoms with Crippen molar-refractivity contribution in [3.8, 4) is 0 Å². The van der Waals surface area contributed by atoms with Gasteiger partial charge in [0, 0.05) is 23.0 Å². The van der Waals surface area contributed by atoms with Gasteiger partial charge in [0.1, 0.15) is 5.75 Å². The molecule has 1 aromatic carbocycles. The molecule has 0 heterocycles. The van der Waals surface area contributed by atoms with Crippen molar-refractivity contribution < 1.29 is 18.3 Å². The molecule has 1 aliphatic carbocycles. The maximum Gasteiger partial charge on any atom is 0.318 e. The van der Waals surface area contributed by atoms with Crippen LogP contribution in [0.15, 0.2) is 28.7 Å². The summed E-state index contributed by atoms with van der Waals surface area (Å²) < 4.78 is 24.3. The van der Waals surface area contributed by atoms with Crippen LogP contribution in [0, 0.1) is 0 Å². The molecule has 5 nitrogen and oxygen atoms in total. The summed E-state index contributed by atoms with van der Waals surface area (Å²) in [4.78, 5) is 12.5. The average Bonchev–Trinajstić information content (AvgIpc) is 3.17. The number of sulfone groups is 1. The van der Waals surface area contributed by atoms with E-state index < -0.39 is 21.6 Å². The molecule has 1 fully saturated rings. The zero-order chi connectivity index (χ0) is 16.4. The van der Waals surface area contributed by atoms with Crippen LogP contribution in [0.3, 0.4) is 0 Å². The maximum atomic E-state index is 11.6. The first-order valence-electron chi connectivity index (χ1n) is 7.09. The fraction of sp³-hybridized carbons (Fsp3) is 0.533. The molecule has 122 valence electrons. The number of rotatable bonds is 8. The third-order valence-corrected chi connectivity index (χ3v) is 6.03. The lowest BCUT2D eigenvalue weighted by molar-refractivity contribution is -0.134. The molecule has 0 unspecified atom stereocenters. The van der Waals surface area contributed by atoms with Crippen LogP contribution in [0.5, 0.6) is 0 Å². The van der Waals surface area contributed by atoms with Crippen LogP contribution in [0.2, 0.25) is 0 Å². The minimum Gasteiger partial charge on any atom is -0.480 e. The second-order valence-corrected chi connectivity index (χ2v) is 9.11. The third kappa shape index (κ3) is 4.79. The van der Waals surface area contributed by atoms with Crippen molar-refractivity contribution in [2.75, 3.05) is 31.6 Å². The van der Waals surface area contributed by atoms with Crippen LogP contribution >= 0.6 is 15.9 Å². The van der Waals surface area contributed by atoms with Crippen molar-refractivity contribution in [3.63, 3.8) is 0 Å². The minimum absolute atomic E-state index is 0.117. The van der Waals surface area contributed by atoms with Crippen molar-refractivity contribution >= 4 is 31.7 Å². The largest absolute Gasteiger partial charge is 0.480 e. The van der Waals surface area contributed by atoms with E-state index in [4.69, 9.17) is 5.11 Å². The van der Waals surface area contributed by atoms with Gasteiger partial charge in [0.2, 0.25) is 0 Å². The van der Waals surface area contributed by atoms with E-state index in [0.717, 1.165) is 23.9 Å². The van der Waals surface area contributed by atoms with Gasteiger partial charge in [-0.1, -0.05) is 28.1 Å². The van der Waals surface area contributed by atoms with Gasteiger partial charge in [0.25, 0.3) is 0 Å². The predicted molar refractivity (Wildman–Crippen MR) is 88.8 cm³/mol. The fourth-order valence-electron chi connectivity index (χ4n) is 2.64. The maximum absolute atomic E-state index is 11.6. The first-order valence-corrected chi connectivity index (χ1v) is 9.71. The van der Waals surface area contributed by atoms with Crippen LogP contribution in [-0.2, 0) is 20.0 Å². The Kier molecular flexibility index (Phi) is 5.29. The number of carboxylic acid groups (broad SMARTS) is 1. The molecule has 0 atom stereocenters. The van der Waals surface area contributed by atoms with E-state index in [1.807, 2.05) is 24.1 Å². The van der Waals surface area contributed by atoms with Gasteiger partial charge >= 0.3 is 5.97 Å². The number of benzene rings is 1. The summed E-state index contributed by atoms with van der Waals surface area (Å²) in [5.74, 6) is -2.21. The Bertz CT molecular complexity index is 638. The Morgan fingerprint density at radius 3 is 2.41 bits per heavy atom. The molecule has 2 rings (SSSR count). The fourth-order valence-corrected chi connectivity index (χ4v) is 4.02. The lowest BCUT2D eigenvalue weighted by Gasteiger charge is -2.24. The summed E-state index contributed by atoms with van der Waals surface area (Å²) >= 11 is 3.42. The number of carboxylic acids is 1. The molecule has 1 saturated carbocycles. The summed E-state index contributed by atoms with van der Waals surface area (Å²) in [5, 5.41) is 8.59. The van der Waals surface area contributed by atoms with Crippen LogP contribution in [0.4, 0.5) is 0 Å². The average molecular weight is 390 g/mol. The molecule has 22 heavy (non-hydrogen) atoms. The zero-order valence-corrected chi connectivity index (χ0v) is 14.9. The van der Waals surface area contributed by atoms with E-state index >= 15 is 0 Å². The number of nitrogens with zero attached hydrogens (tertiary/aromatic N) is 1. The van der Waals surface area contributed by atoms with Crippen molar-refractivity contribution in [2.45, 2.75) is 18.3 Å². The zero-order valence-electron chi connectivity index (χ0n) is 12.5. The van der Waals surface area contributed by atoms with Gasteiger partial charge in [-0.2, -0.15) is 0 Å². The number of halogens is 1. The Labute approximate surface area is 139 Å². The standard InChI is InChI=1S/C15H20BrNO4S/c1-17(8-9-22(20,21)10-14(18)19)11-15(6-7-15)12-2-4-13(16)5-3-12/h2-5H,6-11H2,1H3,(H,18,19). The van der Waals surface area contributed by atoms with Gasteiger partial charge in [-0.05, 0) is 37.6 Å². The van der Waals surface area contributed by atoms with E-state index in [2.05, 4.69) is 28.1 Å². The molecule has 0 aromatic heterocycles. The van der Waals surface area contributed by atoms with Crippen LogP contribution < -0.4 is 0 Å². The quantitative estimate of drug-likeness (QED) is 0.734. The van der Waals surface area contributed by atoms with Gasteiger partial charge in [-0.25, -0.2) is 8.42 Å². The van der Waals surface area contributed by atoms with Crippen molar-refractivity contribution in [1.29, 1.82) is 0 Å². The van der Waals surface area contributed by atoms with E-state index in [1.165, 1.54) is 5.56 Å². The second kappa shape index (κ2) is 6.68. The lowest BCUT2D eigenvalue weighted by atomic mass is 9.95. The van der Waals surface area contributed by atoms with Gasteiger partial charge in [-0.3, -0.25) is 4.79 Å². The monoisotopic (exact) mass is 389 g/mol. The number of carbonyl (C=O) groups is 1. The summed E-state index contributed by atoms with van der Waals surface area (Å²) in [5.41, 5.74) is 1.39. The van der Waals surface area contributed by atoms with Crippen LogP contribution in [0.1, 0.15) is 18.4 Å². The number of hydrogen-bond donors (Lipinski definition) is 1. The Balaban J connectivity index is 1.91. The summed E-state index contributed by atoms with van der Waals surface area (Å²) in [6, 6.07) is 8.25. The van der Waals surface area contributed by atoms with Crippen molar-refractivity contribution in [2.24, 2.45) is 0 Å². The Hall–Kier alpha value is -0.920. The molecule has 0 spiro atoms. The highest BCUT2D eigenvalue weighted by Gasteiger charge is 2.44. The summed E-state index contributed by atoms with van der Waals surface area (Å²) in [6.45, 7) is 1.14. The Morgan fingerprint density at radius 2 is 1.91 bits per heavy atom. The molecule has 0 aliphatic heterocycles. The van der Waals surface area contributed by atoms with Gasteiger partial charge in [0.15, 0.2) is 9.84 Å². The number of likely N-dealkylation sites (N-methyl/N-ethyl adjacent to an activating group) is 1. The first-order chi connectivity index (χ1) is 10.2. The summed E-state index contributed by atoms with van der Waals surface area (Å²) in [7, 11) is -1.64.